The third kappa shape index (κ3) is 2.20. The number of aromatic nitrogens is 1. The fraction of sp³-hybridized carbons (Fsp3) is 0.600. The lowest BCUT2D eigenvalue weighted by Crippen LogP contribution is -2.40. The van der Waals surface area contributed by atoms with Crippen LogP contribution in [0.15, 0.2) is 23.1 Å². The van der Waals surface area contributed by atoms with Gasteiger partial charge in [-0.1, -0.05) is 12.8 Å². The maximum Gasteiger partial charge on any atom is 0.263 e. The van der Waals surface area contributed by atoms with Gasteiger partial charge in [-0.3, -0.25) is 9.59 Å². The summed E-state index contributed by atoms with van der Waals surface area (Å²) in [6.07, 6.45) is 7.78. The fourth-order valence-corrected chi connectivity index (χ4v) is 3.76. The molecule has 2 aliphatic carbocycles. The number of nitrogens with zero attached hydrogens (tertiary/aromatic N) is 1. The summed E-state index contributed by atoms with van der Waals surface area (Å²) in [7, 11) is 1.67. The molecule has 3 atom stereocenters. The Hall–Kier alpha value is -1.58. The van der Waals surface area contributed by atoms with Gasteiger partial charge < -0.3 is 9.88 Å². The van der Waals surface area contributed by atoms with E-state index in [0.717, 1.165) is 12.3 Å². The summed E-state index contributed by atoms with van der Waals surface area (Å²) in [5.41, 5.74) is 0.0346. The highest BCUT2D eigenvalue weighted by atomic mass is 16.2. The molecule has 19 heavy (non-hydrogen) atoms. The van der Waals surface area contributed by atoms with Crippen LogP contribution in [0.5, 0.6) is 0 Å². The van der Waals surface area contributed by atoms with Crippen molar-refractivity contribution in [3.63, 3.8) is 0 Å². The highest BCUT2D eigenvalue weighted by Crippen LogP contribution is 2.43. The Morgan fingerprint density at radius 3 is 3.00 bits per heavy atom. The van der Waals surface area contributed by atoms with Crippen molar-refractivity contribution in [2.45, 2.75) is 38.1 Å². The van der Waals surface area contributed by atoms with Crippen molar-refractivity contribution in [2.24, 2.45) is 18.9 Å². The molecule has 3 rings (SSSR count). The summed E-state index contributed by atoms with van der Waals surface area (Å²) in [6, 6.07) is 3.62. The Morgan fingerprint density at radius 1 is 1.32 bits per heavy atom. The highest BCUT2D eigenvalue weighted by molar-refractivity contribution is 5.94. The molecule has 2 aliphatic rings. The molecule has 0 spiro atoms. The van der Waals surface area contributed by atoms with Crippen molar-refractivity contribution in [2.75, 3.05) is 0 Å². The number of hydrogen-bond acceptors (Lipinski definition) is 2. The van der Waals surface area contributed by atoms with Crippen molar-refractivity contribution in [1.29, 1.82) is 0 Å². The van der Waals surface area contributed by atoms with E-state index in [1.807, 2.05) is 0 Å². The zero-order chi connectivity index (χ0) is 13.4. The van der Waals surface area contributed by atoms with Gasteiger partial charge in [-0.15, -0.1) is 0 Å². The standard InChI is InChI=1S/C15H20N2O2/c1-17-9-3-6-12(15(17)19)14(18)16-13-8-7-10-4-2-5-11(10)13/h3,6,9-11,13H,2,4-5,7-8H2,1H3,(H,16,18)/t10-,11-,13-/m1/s1. The summed E-state index contributed by atoms with van der Waals surface area (Å²) in [5.74, 6) is 1.22. The van der Waals surface area contributed by atoms with Crippen LogP contribution in [0.1, 0.15) is 42.5 Å². The van der Waals surface area contributed by atoms with Gasteiger partial charge in [0.05, 0.1) is 0 Å². The van der Waals surface area contributed by atoms with E-state index in [2.05, 4.69) is 5.32 Å². The first-order valence-electron chi connectivity index (χ1n) is 7.13. The molecule has 4 heteroatoms. The number of aryl methyl sites for hydroxylation is 1. The minimum atomic E-state index is -0.221. The Kier molecular flexibility index (Phi) is 3.17. The summed E-state index contributed by atoms with van der Waals surface area (Å²) in [4.78, 5) is 24.2. The minimum absolute atomic E-state index is 0.209. The van der Waals surface area contributed by atoms with Crippen molar-refractivity contribution in [3.05, 3.63) is 34.2 Å². The minimum Gasteiger partial charge on any atom is -0.349 e. The van der Waals surface area contributed by atoms with E-state index in [1.165, 1.54) is 30.3 Å². The smallest absolute Gasteiger partial charge is 0.263 e. The predicted molar refractivity (Wildman–Crippen MR) is 73.0 cm³/mol. The van der Waals surface area contributed by atoms with Gasteiger partial charge in [0.25, 0.3) is 11.5 Å². The van der Waals surface area contributed by atoms with E-state index in [4.69, 9.17) is 0 Å². The topological polar surface area (TPSA) is 51.1 Å². The Morgan fingerprint density at radius 2 is 2.16 bits per heavy atom. The normalized spacial score (nSPS) is 29.2. The van der Waals surface area contributed by atoms with Crippen molar-refractivity contribution in [1.82, 2.24) is 9.88 Å². The monoisotopic (exact) mass is 260 g/mol. The van der Waals surface area contributed by atoms with Crippen LogP contribution in [0.4, 0.5) is 0 Å². The van der Waals surface area contributed by atoms with E-state index in [-0.39, 0.29) is 23.1 Å². The summed E-state index contributed by atoms with van der Waals surface area (Å²) in [5, 5.41) is 3.08. The molecular weight excluding hydrogens is 240 g/mol. The summed E-state index contributed by atoms with van der Waals surface area (Å²) < 4.78 is 1.45. The summed E-state index contributed by atoms with van der Waals surface area (Å²) >= 11 is 0. The van der Waals surface area contributed by atoms with Crippen LogP contribution in [-0.2, 0) is 7.05 Å². The van der Waals surface area contributed by atoms with Crippen LogP contribution in [0.3, 0.4) is 0 Å². The lowest BCUT2D eigenvalue weighted by atomic mass is 9.97. The lowest BCUT2D eigenvalue weighted by molar-refractivity contribution is 0.0924. The molecule has 1 aromatic heterocycles. The molecule has 1 N–H and O–H groups in total. The van der Waals surface area contributed by atoms with Gasteiger partial charge in [-0.25, -0.2) is 0 Å². The molecule has 0 unspecified atom stereocenters. The average Bonchev–Trinajstić information content (AvgIpc) is 2.97. The molecule has 0 aliphatic heterocycles. The van der Waals surface area contributed by atoms with Crippen molar-refractivity contribution < 1.29 is 4.79 Å². The lowest BCUT2D eigenvalue weighted by Gasteiger charge is -2.19. The Labute approximate surface area is 112 Å². The van der Waals surface area contributed by atoms with Crippen LogP contribution in [0.2, 0.25) is 0 Å². The van der Waals surface area contributed by atoms with Crippen LogP contribution < -0.4 is 10.9 Å². The Balaban J connectivity index is 1.75. The molecule has 1 heterocycles. The highest BCUT2D eigenvalue weighted by Gasteiger charge is 2.39. The number of pyridine rings is 1. The van der Waals surface area contributed by atoms with E-state index < -0.39 is 0 Å². The number of fused-ring (bicyclic) bond motifs is 1. The molecule has 2 saturated carbocycles. The maximum atomic E-state index is 12.2. The van der Waals surface area contributed by atoms with Crippen LogP contribution in [-0.4, -0.2) is 16.5 Å². The molecule has 1 amide bonds. The second-order valence-electron chi connectivity index (χ2n) is 5.85. The van der Waals surface area contributed by atoms with Gasteiger partial charge in [0.15, 0.2) is 0 Å². The van der Waals surface area contributed by atoms with E-state index >= 15 is 0 Å². The number of amides is 1. The molecular formula is C15H20N2O2. The van der Waals surface area contributed by atoms with Gasteiger partial charge in [0, 0.05) is 19.3 Å². The first-order valence-corrected chi connectivity index (χ1v) is 7.13. The van der Waals surface area contributed by atoms with Crippen molar-refractivity contribution in [3.8, 4) is 0 Å². The largest absolute Gasteiger partial charge is 0.349 e. The number of hydrogen-bond donors (Lipinski definition) is 1. The van der Waals surface area contributed by atoms with Crippen LogP contribution >= 0.6 is 0 Å². The van der Waals surface area contributed by atoms with Crippen molar-refractivity contribution >= 4 is 5.91 Å². The van der Waals surface area contributed by atoms with Gasteiger partial charge in [-0.05, 0) is 43.2 Å². The van der Waals surface area contributed by atoms with E-state index in [0.29, 0.717) is 5.92 Å². The number of nitrogens with one attached hydrogen (secondary N) is 1. The number of carbonyl (C=O) groups is 1. The first kappa shape index (κ1) is 12.5. The quantitative estimate of drug-likeness (QED) is 0.879. The van der Waals surface area contributed by atoms with Gasteiger partial charge >= 0.3 is 0 Å². The second-order valence-corrected chi connectivity index (χ2v) is 5.85. The van der Waals surface area contributed by atoms with Gasteiger partial charge in [0.1, 0.15) is 5.56 Å². The molecule has 1 aromatic rings. The SMILES string of the molecule is Cn1cccc(C(=O)N[C@@H]2CC[C@H]3CCC[C@H]32)c1=O. The average molecular weight is 260 g/mol. The number of rotatable bonds is 2. The molecule has 102 valence electrons. The zero-order valence-corrected chi connectivity index (χ0v) is 11.3. The molecule has 0 bridgehead atoms. The molecule has 0 saturated heterocycles. The maximum absolute atomic E-state index is 12.2. The number of carbonyl (C=O) groups excluding carboxylic acids is 1. The molecule has 2 fully saturated rings. The van der Waals surface area contributed by atoms with E-state index in [9.17, 15) is 9.59 Å². The van der Waals surface area contributed by atoms with E-state index in [1.54, 1.807) is 25.4 Å². The van der Waals surface area contributed by atoms with Crippen LogP contribution in [0.25, 0.3) is 0 Å². The van der Waals surface area contributed by atoms with Gasteiger partial charge in [-0.2, -0.15) is 0 Å². The first-order chi connectivity index (χ1) is 9.16. The zero-order valence-electron chi connectivity index (χ0n) is 11.3. The van der Waals surface area contributed by atoms with Gasteiger partial charge in [0.2, 0.25) is 0 Å². The second kappa shape index (κ2) is 4.83. The third-order valence-electron chi connectivity index (χ3n) is 4.77. The Bertz CT molecular complexity index is 549. The predicted octanol–water partition coefficient (Wildman–Crippen LogP) is 1.69. The molecule has 0 radical (unpaired) electrons. The molecule has 0 aromatic carbocycles. The summed E-state index contributed by atoms with van der Waals surface area (Å²) in [6.45, 7) is 0. The third-order valence-corrected chi connectivity index (χ3v) is 4.77. The van der Waals surface area contributed by atoms with Crippen LogP contribution in [0, 0.1) is 11.8 Å². The molecule has 4 nitrogen and oxygen atoms in total. The fourth-order valence-electron chi connectivity index (χ4n) is 3.76.